The molecule has 186 valence electrons. The van der Waals surface area contributed by atoms with Crippen molar-refractivity contribution in [1.29, 1.82) is 0 Å². The van der Waals surface area contributed by atoms with Gasteiger partial charge in [-0.1, -0.05) is 59.6 Å². The summed E-state index contributed by atoms with van der Waals surface area (Å²) in [4.78, 5) is 33.7. The Morgan fingerprint density at radius 1 is 0.944 bits per heavy atom. The molecule has 0 aliphatic carbocycles. The zero-order valence-corrected chi connectivity index (χ0v) is 21.8. The maximum absolute atomic E-state index is 13.6. The Bertz CT molecular complexity index is 1330. The monoisotopic (exact) mass is 501 g/mol. The molecule has 2 amide bonds. The molecule has 1 heterocycles. The first-order chi connectivity index (χ1) is 17.3. The molecule has 1 N–H and O–H groups in total. The van der Waals surface area contributed by atoms with E-state index in [2.05, 4.69) is 41.4 Å². The lowest BCUT2D eigenvalue weighted by molar-refractivity contribution is -0.132. The fraction of sp³-hybridized carbons (Fsp3) is 0.267. The zero-order chi connectivity index (χ0) is 25.7. The summed E-state index contributed by atoms with van der Waals surface area (Å²) in [6.07, 6.45) is 2.73. The lowest BCUT2D eigenvalue weighted by atomic mass is 10.1. The van der Waals surface area contributed by atoms with Crippen LogP contribution in [0.1, 0.15) is 40.9 Å². The standard InChI is InChI=1S/C30H32ClN3O2/c1-21(2)34(30(36)24-12-14-26(31)15-13-24)20-29(35)33(19-23-10-8-22(3)9-11-23)17-16-25-18-32-28-7-5-4-6-27(25)28/h4-15,18,21,32H,16-17,19-20H2,1-3H3. The summed E-state index contributed by atoms with van der Waals surface area (Å²) >= 11 is 6.00. The molecule has 0 fully saturated rings. The molecule has 0 aliphatic rings. The van der Waals surface area contributed by atoms with Crippen LogP contribution in [0.4, 0.5) is 0 Å². The number of rotatable bonds is 9. The summed E-state index contributed by atoms with van der Waals surface area (Å²) in [6.45, 7) is 6.96. The van der Waals surface area contributed by atoms with Gasteiger partial charge < -0.3 is 14.8 Å². The van der Waals surface area contributed by atoms with Crippen LogP contribution in [0.15, 0.2) is 79.0 Å². The summed E-state index contributed by atoms with van der Waals surface area (Å²) < 4.78 is 0. The van der Waals surface area contributed by atoms with Crippen molar-refractivity contribution in [2.75, 3.05) is 13.1 Å². The van der Waals surface area contributed by atoms with Gasteiger partial charge in [0.15, 0.2) is 0 Å². The first-order valence-electron chi connectivity index (χ1n) is 12.3. The molecule has 0 atom stereocenters. The second kappa shape index (κ2) is 11.4. The van der Waals surface area contributed by atoms with Crippen molar-refractivity contribution in [3.8, 4) is 0 Å². The van der Waals surface area contributed by atoms with E-state index in [0.717, 1.165) is 11.1 Å². The molecule has 6 heteroatoms. The van der Waals surface area contributed by atoms with Crippen LogP contribution in [0.5, 0.6) is 0 Å². The molecule has 3 aromatic carbocycles. The second-order valence-corrected chi connectivity index (χ2v) is 9.88. The normalized spacial score (nSPS) is 11.1. The van der Waals surface area contributed by atoms with Gasteiger partial charge in [0.1, 0.15) is 6.54 Å². The number of para-hydroxylation sites is 1. The topological polar surface area (TPSA) is 56.4 Å². The van der Waals surface area contributed by atoms with E-state index in [-0.39, 0.29) is 24.4 Å². The Hall–Kier alpha value is -3.57. The first-order valence-corrected chi connectivity index (χ1v) is 12.6. The van der Waals surface area contributed by atoms with Gasteiger partial charge in [-0.15, -0.1) is 0 Å². The Balaban J connectivity index is 1.54. The summed E-state index contributed by atoms with van der Waals surface area (Å²) in [5.41, 5.74) is 5.02. The number of H-pyrrole nitrogens is 1. The number of nitrogens with one attached hydrogen (secondary N) is 1. The van der Waals surface area contributed by atoms with Crippen LogP contribution in [0.3, 0.4) is 0 Å². The van der Waals surface area contributed by atoms with E-state index in [4.69, 9.17) is 11.6 Å². The van der Waals surface area contributed by atoms with Crippen LogP contribution in [0.25, 0.3) is 10.9 Å². The third kappa shape index (κ3) is 6.16. The average molecular weight is 502 g/mol. The molecule has 0 bridgehead atoms. The Morgan fingerprint density at radius 3 is 2.33 bits per heavy atom. The Morgan fingerprint density at radius 2 is 1.64 bits per heavy atom. The molecule has 1 aromatic heterocycles. The van der Waals surface area contributed by atoms with Crippen LogP contribution in [0.2, 0.25) is 5.02 Å². The number of aryl methyl sites for hydroxylation is 1. The van der Waals surface area contributed by atoms with E-state index >= 15 is 0 Å². The van der Waals surface area contributed by atoms with E-state index in [9.17, 15) is 9.59 Å². The molecule has 0 unspecified atom stereocenters. The van der Waals surface area contributed by atoms with Crippen molar-refractivity contribution in [3.63, 3.8) is 0 Å². The minimum atomic E-state index is -0.179. The molecule has 0 aliphatic heterocycles. The van der Waals surface area contributed by atoms with Crippen molar-refractivity contribution in [2.24, 2.45) is 0 Å². The van der Waals surface area contributed by atoms with E-state index in [0.29, 0.717) is 30.1 Å². The number of hydrogen-bond donors (Lipinski definition) is 1. The van der Waals surface area contributed by atoms with Crippen molar-refractivity contribution >= 4 is 34.3 Å². The van der Waals surface area contributed by atoms with Gasteiger partial charge in [0.05, 0.1) is 0 Å². The van der Waals surface area contributed by atoms with Crippen molar-refractivity contribution in [3.05, 3.63) is 106 Å². The fourth-order valence-corrected chi connectivity index (χ4v) is 4.42. The summed E-state index contributed by atoms with van der Waals surface area (Å²) in [5, 5.41) is 1.74. The van der Waals surface area contributed by atoms with Gasteiger partial charge in [-0.05, 0) is 68.7 Å². The number of carbonyl (C=O) groups excluding carboxylic acids is 2. The van der Waals surface area contributed by atoms with Crippen molar-refractivity contribution in [1.82, 2.24) is 14.8 Å². The molecular weight excluding hydrogens is 470 g/mol. The number of aromatic amines is 1. The molecule has 0 saturated carbocycles. The van der Waals surface area contributed by atoms with Gasteiger partial charge in [0.2, 0.25) is 5.91 Å². The number of aromatic nitrogens is 1. The minimum absolute atomic E-state index is 0.0128. The average Bonchev–Trinajstić information content (AvgIpc) is 3.29. The highest BCUT2D eigenvalue weighted by molar-refractivity contribution is 6.30. The molecule has 0 radical (unpaired) electrons. The maximum atomic E-state index is 13.6. The maximum Gasteiger partial charge on any atom is 0.254 e. The van der Waals surface area contributed by atoms with E-state index < -0.39 is 0 Å². The fourth-order valence-electron chi connectivity index (χ4n) is 4.29. The zero-order valence-electron chi connectivity index (χ0n) is 21.0. The van der Waals surface area contributed by atoms with Crippen molar-refractivity contribution in [2.45, 2.75) is 39.8 Å². The lowest BCUT2D eigenvalue weighted by Gasteiger charge is -2.30. The van der Waals surface area contributed by atoms with Gasteiger partial charge in [-0.3, -0.25) is 9.59 Å². The molecule has 4 rings (SSSR count). The summed E-state index contributed by atoms with van der Waals surface area (Å²) in [6, 6.07) is 23.1. The third-order valence-corrected chi connectivity index (χ3v) is 6.71. The molecule has 36 heavy (non-hydrogen) atoms. The predicted molar refractivity (Wildman–Crippen MR) is 146 cm³/mol. The third-order valence-electron chi connectivity index (χ3n) is 6.45. The Labute approximate surface area is 217 Å². The SMILES string of the molecule is Cc1ccc(CN(CCc2c[nH]c3ccccc23)C(=O)CN(C(=O)c2ccc(Cl)cc2)C(C)C)cc1. The molecule has 5 nitrogen and oxygen atoms in total. The second-order valence-electron chi connectivity index (χ2n) is 9.44. The van der Waals surface area contributed by atoms with Gasteiger partial charge in [0.25, 0.3) is 5.91 Å². The molecule has 0 spiro atoms. The van der Waals surface area contributed by atoms with Gasteiger partial charge in [0, 0.05) is 46.8 Å². The Kier molecular flexibility index (Phi) is 8.11. The number of nitrogens with zero attached hydrogens (tertiary/aromatic N) is 2. The minimum Gasteiger partial charge on any atom is -0.361 e. The van der Waals surface area contributed by atoms with Crippen LogP contribution in [-0.4, -0.2) is 45.7 Å². The number of fused-ring (bicyclic) bond motifs is 1. The lowest BCUT2D eigenvalue weighted by Crippen LogP contribution is -2.46. The highest BCUT2D eigenvalue weighted by atomic mass is 35.5. The van der Waals surface area contributed by atoms with Crippen LogP contribution < -0.4 is 0 Å². The van der Waals surface area contributed by atoms with Crippen molar-refractivity contribution < 1.29 is 9.59 Å². The number of benzene rings is 3. The van der Waals surface area contributed by atoms with Crippen LogP contribution >= 0.6 is 11.6 Å². The number of hydrogen-bond acceptors (Lipinski definition) is 2. The van der Waals surface area contributed by atoms with Crippen LogP contribution in [-0.2, 0) is 17.8 Å². The van der Waals surface area contributed by atoms with E-state index in [1.54, 1.807) is 29.2 Å². The van der Waals surface area contributed by atoms with Gasteiger partial charge in [-0.25, -0.2) is 0 Å². The van der Waals surface area contributed by atoms with Gasteiger partial charge >= 0.3 is 0 Å². The summed E-state index contributed by atoms with van der Waals surface area (Å²) in [5.74, 6) is -0.256. The first kappa shape index (κ1) is 25.5. The molecular formula is C30H32ClN3O2. The van der Waals surface area contributed by atoms with E-state index in [1.807, 2.05) is 44.0 Å². The summed E-state index contributed by atoms with van der Waals surface area (Å²) in [7, 11) is 0. The quantitative estimate of drug-likeness (QED) is 0.294. The number of amides is 2. The predicted octanol–water partition coefficient (Wildman–Crippen LogP) is 6.25. The number of halogens is 1. The van der Waals surface area contributed by atoms with Gasteiger partial charge in [-0.2, -0.15) is 0 Å². The molecule has 0 saturated heterocycles. The molecule has 4 aromatic rings. The smallest absolute Gasteiger partial charge is 0.254 e. The van der Waals surface area contributed by atoms with E-state index in [1.165, 1.54) is 16.5 Å². The van der Waals surface area contributed by atoms with Crippen LogP contribution in [0, 0.1) is 6.92 Å². The highest BCUT2D eigenvalue weighted by Gasteiger charge is 2.25. The largest absolute Gasteiger partial charge is 0.361 e. The number of carbonyl (C=O) groups is 2. The highest BCUT2D eigenvalue weighted by Crippen LogP contribution is 2.20.